The van der Waals surface area contributed by atoms with Crippen LogP contribution in [0.1, 0.15) is 25.3 Å². The van der Waals surface area contributed by atoms with Crippen LogP contribution in [0.4, 0.5) is 11.4 Å². The van der Waals surface area contributed by atoms with Gasteiger partial charge in [-0.05, 0) is 45.6 Å². The number of para-hydroxylation sites is 2. The first-order valence-corrected chi connectivity index (χ1v) is 7.74. The van der Waals surface area contributed by atoms with Crippen molar-refractivity contribution >= 4 is 39.1 Å². The van der Waals surface area contributed by atoms with Gasteiger partial charge in [-0.3, -0.25) is 9.59 Å². The van der Waals surface area contributed by atoms with E-state index in [-0.39, 0.29) is 5.92 Å². The maximum atomic E-state index is 12.1. The minimum Gasteiger partial charge on any atom is -0.318 e. The third-order valence-corrected chi connectivity index (χ3v) is 3.85. The maximum absolute atomic E-state index is 12.1. The van der Waals surface area contributed by atoms with Crippen LogP contribution in [0.25, 0.3) is 0 Å². The minimum absolute atomic E-state index is 0.253. The SMILES string of the molecule is CC(C)c1ccccc1NC(=O)C(=O)Nc1ccccc1Br. The minimum atomic E-state index is -0.703. The normalized spacial score (nSPS) is 10.4. The molecule has 0 saturated heterocycles. The Labute approximate surface area is 138 Å². The maximum Gasteiger partial charge on any atom is 0.314 e. The lowest BCUT2D eigenvalue weighted by atomic mass is 10.0. The van der Waals surface area contributed by atoms with E-state index < -0.39 is 11.8 Å². The van der Waals surface area contributed by atoms with Crippen molar-refractivity contribution in [1.82, 2.24) is 0 Å². The average Bonchev–Trinajstić information content (AvgIpc) is 2.49. The van der Waals surface area contributed by atoms with Crippen molar-refractivity contribution in [2.75, 3.05) is 10.6 Å². The molecule has 0 fully saturated rings. The molecule has 0 atom stereocenters. The topological polar surface area (TPSA) is 58.2 Å². The molecule has 2 aromatic rings. The smallest absolute Gasteiger partial charge is 0.314 e. The predicted octanol–water partition coefficient (Wildman–Crippen LogP) is 4.15. The largest absolute Gasteiger partial charge is 0.318 e. The number of benzene rings is 2. The first-order chi connectivity index (χ1) is 10.5. The summed E-state index contributed by atoms with van der Waals surface area (Å²) in [5, 5.41) is 5.25. The second-order valence-electron chi connectivity index (χ2n) is 5.13. The molecule has 5 heteroatoms. The Hall–Kier alpha value is -2.14. The quantitative estimate of drug-likeness (QED) is 0.807. The third kappa shape index (κ3) is 3.95. The average molecular weight is 361 g/mol. The molecule has 2 amide bonds. The van der Waals surface area contributed by atoms with Gasteiger partial charge in [0.05, 0.1) is 5.69 Å². The molecule has 114 valence electrons. The van der Waals surface area contributed by atoms with E-state index in [1.54, 1.807) is 24.3 Å². The van der Waals surface area contributed by atoms with Crippen molar-refractivity contribution in [3.63, 3.8) is 0 Å². The molecule has 4 nitrogen and oxygen atoms in total. The van der Waals surface area contributed by atoms with E-state index in [0.29, 0.717) is 11.4 Å². The molecule has 0 saturated carbocycles. The van der Waals surface area contributed by atoms with Gasteiger partial charge in [-0.25, -0.2) is 0 Å². The molecule has 0 heterocycles. The van der Waals surface area contributed by atoms with E-state index in [2.05, 4.69) is 26.6 Å². The van der Waals surface area contributed by atoms with E-state index in [1.165, 1.54) is 0 Å². The van der Waals surface area contributed by atoms with Crippen LogP contribution in [-0.2, 0) is 9.59 Å². The molecule has 0 unspecified atom stereocenters. The zero-order valence-electron chi connectivity index (χ0n) is 12.4. The summed E-state index contributed by atoms with van der Waals surface area (Å²) in [4.78, 5) is 24.1. The number of hydrogen-bond donors (Lipinski definition) is 2. The van der Waals surface area contributed by atoms with Crippen molar-refractivity contribution in [1.29, 1.82) is 0 Å². The van der Waals surface area contributed by atoms with Crippen LogP contribution in [0.3, 0.4) is 0 Å². The van der Waals surface area contributed by atoms with E-state index in [0.717, 1.165) is 10.0 Å². The second-order valence-corrected chi connectivity index (χ2v) is 5.98. The summed E-state index contributed by atoms with van der Waals surface area (Å²) in [6.07, 6.45) is 0. The number of hydrogen-bond acceptors (Lipinski definition) is 2. The molecule has 0 radical (unpaired) electrons. The fraction of sp³-hybridized carbons (Fsp3) is 0.176. The summed E-state index contributed by atoms with van der Waals surface area (Å²) >= 11 is 3.32. The molecule has 0 aliphatic heterocycles. The second kappa shape index (κ2) is 7.22. The first-order valence-electron chi connectivity index (χ1n) is 6.95. The Bertz CT molecular complexity index is 699. The van der Waals surface area contributed by atoms with Crippen molar-refractivity contribution in [3.05, 3.63) is 58.6 Å². The van der Waals surface area contributed by atoms with Gasteiger partial charge >= 0.3 is 11.8 Å². The van der Waals surface area contributed by atoms with Crippen LogP contribution in [0.5, 0.6) is 0 Å². The molecule has 0 aliphatic carbocycles. The molecular weight excluding hydrogens is 344 g/mol. The fourth-order valence-electron chi connectivity index (χ4n) is 2.04. The van der Waals surface area contributed by atoms with E-state index in [1.807, 2.05) is 38.1 Å². The molecule has 0 aromatic heterocycles. The molecule has 0 aliphatic rings. The highest BCUT2D eigenvalue weighted by Gasteiger charge is 2.17. The van der Waals surface area contributed by atoms with Crippen LogP contribution >= 0.6 is 15.9 Å². The highest BCUT2D eigenvalue weighted by Crippen LogP contribution is 2.24. The summed E-state index contributed by atoms with van der Waals surface area (Å²) < 4.78 is 0.721. The van der Waals surface area contributed by atoms with Crippen LogP contribution in [0.15, 0.2) is 53.0 Å². The molecule has 0 bridgehead atoms. The Morgan fingerprint density at radius 3 is 1.95 bits per heavy atom. The van der Waals surface area contributed by atoms with E-state index in [9.17, 15) is 9.59 Å². The summed E-state index contributed by atoms with van der Waals surface area (Å²) in [5.41, 5.74) is 2.20. The molecule has 2 aromatic carbocycles. The number of anilines is 2. The van der Waals surface area contributed by atoms with Gasteiger partial charge < -0.3 is 10.6 Å². The fourth-order valence-corrected chi connectivity index (χ4v) is 2.42. The van der Waals surface area contributed by atoms with Gasteiger partial charge in [0.25, 0.3) is 0 Å². The van der Waals surface area contributed by atoms with Gasteiger partial charge in [-0.2, -0.15) is 0 Å². The van der Waals surface area contributed by atoms with Gasteiger partial charge in [-0.1, -0.05) is 44.2 Å². The highest BCUT2D eigenvalue weighted by molar-refractivity contribution is 9.10. The number of nitrogens with one attached hydrogen (secondary N) is 2. The Morgan fingerprint density at radius 1 is 0.864 bits per heavy atom. The molecule has 22 heavy (non-hydrogen) atoms. The number of amides is 2. The third-order valence-electron chi connectivity index (χ3n) is 3.16. The van der Waals surface area contributed by atoms with Gasteiger partial charge in [0, 0.05) is 10.2 Å². The lowest BCUT2D eigenvalue weighted by Crippen LogP contribution is -2.29. The van der Waals surface area contributed by atoms with E-state index in [4.69, 9.17) is 0 Å². The number of carbonyl (C=O) groups excluding carboxylic acids is 2. The zero-order valence-corrected chi connectivity index (χ0v) is 14.0. The van der Waals surface area contributed by atoms with Crippen molar-refractivity contribution in [3.8, 4) is 0 Å². The van der Waals surface area contributed by atoms with E-state index >= 15 is 0 Å². The van der Waals surface area contributed by atoms with Crippen LogP contribution in [0.2, 0.25) is 0 Å². The number of rotatable bonds is 3. The van der Waals surface area contributed by atoms with Crippen molar-refractivity contribution < 1.29 is 9.59 Å². The summed E-state index contributed by atoms with van der Waals surface area (Å²) in [6.45, 7) is 4.07. The standard InChI is InChI=1S/C17H17BrN2O2/c1-11(2)12-7-3-5-9-14(12)19-16(21)17(22)20-15-10-6-4-8-13(15)18/h3-11H,1-2H3,(H,19,21)(H,20,22). The van der Waals surface area contributed by atoms with Crippen LogP contribution in [-0.4, -0.2) is 11.8 Å². The molecule has 2 rings (SSSR count). The molecule has 2 N–H and O–H groups in total. The van der Waals surface area contributed by atoms with Gasteiger partial charge in [0.15, 0.2) is 0 Å². The Morgan fingerprint density at radius 2 is 1.36 bits per heavy atom. The van der Waals surface area contributed by atoms with Gasteiger partial charge in [0.2, 0.25) is 0 Å². The summed E-state index contributed by atoms with van der Waals surface area (Å²) in [5.74, 6) is -1.14. The van der Waals surface area contributed by atoms with Gasteiger partial charge in [-0.15, -0.1) is 0 Å². The highest BCUT2D eigenvalue weighted by atomic mass is 79.9. The lowest BCUT2D eigenvalue weighted by Gasteiger charge is -2.13. The molecule has 0 spiro atoms. The number of carbonyl (C=O) groups is 2. The zero-order chi connectivity index (χ0) is 16.1. The Balaban J connectivity index is 2.10. The lowest BCUT2D eigenvalue weighted by molar-refractivity contribution is -0.133. The van der Waals surface area contributed by atoms with Crippen molar-refractivity contribution in [2.24, 2.45) is 0 Å². The summed E-state index contributed by atoms with van der Waals surface area (Å²) in [6, 6.07) is 14.6. The predicted molar refractivity (Wildman–Crippen MR) is 91.9 cm³/mol. The van der Waals surface area contributed by atoms with Gasteiger partial charge in [0.1, 0.15) is 0 Å². The Kier molecular flexibility index (Phi) is 5.33. The van der Waals surface area contributed by atoms with Crippen LogP contribution < -0.4 is 10.6 Å². The molecular formula is C17H17BrN2O2. The number of halogens is 1. The van der Waals surface area contributed by atoms with Crippen molar-refractivity contribution in [2.45, 2.75) is 19.8 Å². The van der Waals surface area contributed by atoms with Crippen LogP contribution in [0, 0.1) is 0 Å². The summed E-state index contributed by atoms with van der Waals surface area (Å²) in [7, 11) is 0. The monoisotopic (exact) mass is 360 g/mol. The first kappa shape index (κ1) is 16.2.